The Balaban J connectivity index is 3.38. The summed E-state index contributed by atoms with van der Waals surface area (Å²) in [5.74, 6) is 1.76. The maximum absolute atomic E-state index is 2.54. The van der Waals surface area contributed by atoms with Gasteiger partial charge in [0, 0.05) is 0 Å². The quantitative estimate of drug-likeness (QED) is 0.346. The van der Waals surface area contributed by atoms with Crippen LogP contribution in [0.1, 0.15) is 91.9 Å². The van der Waals surface area contributed by atoms with Crippen LogP contribution in [0, 0.1) is 11.8 Å². The Kier molecular flexibility index (Phi) is 13.9. The molecule has 0 aliphatic heterocycles. The zero-order valence-electron chi connectivity index (χ0n) is 15.1. The number of hydrogen-bond donors (Lipinski definition) is 0. The van der Waals surface area contributed by atoms with Crippen molar-refractivity contribution in [1.82, 2.24) is 4.90 Å². The first kappa shape index (κ1) is 20.0. The van der Waals surface area contributed by atoms with E-state index in [4.69, 9.17) is 0 Å². The fraction of sp³-hybridized carbons (Fsp3) is 1.00. The Labute approximate surface area is 129 Å². The Hall–Kier alpha value is -0.0400. The van der Waals surface area contributed by atoms with Crippen molar-refractivity contribution in [3.63, 3.8) is 0 Å². The lowest BCUT2D eigenvalue weighted by molar-refractivity contribution is 0.260. The van der Waals surface area contributed by atoms with Crippen molar-refractivity contribution in [2.24, 2.45) is 11.8 Å². The standard InChI is InChI=1S/C19H41N/c1-6-8-9-10-11-12-13-14-16-20(5)17-15-19(7-2)18(3)4/h18-19H,6-17H2,1-5H3. The molecule has 0 aromatic rings. The van der Waals surface area contributed by atoms with Crippen LogP contribution >= 0.6 is 0 Å². The van der Waals surface area contributed by atoms with Gasteiger partial charge in [0.1, 0.15) is 0 Å². The molecule has 0 aromatic heterocycles. The lowest BCUT2D eigenvalue weighted by Crippen LogP contribution is -2.24. The average Bonchev–Trinajstić information content (AvgIpc) is 2.42. The number of rotatable bonds is 14. The highest BCUT2D eigenvalue weighted by Gasteiger charge is 2.11. The van der Waals surface area contributed by atoms with Crippen LogP contribution < -0.4 is 0 Å². The molecule has 0 saturated heterocycles. The van der Waals surface area contributed by atoms with Crippen molar-refractivity contribution in [3.05, 3.63) is 0 Å². The molecule has 0 aliphatic rings. The van der Waals surface area contributed by atoms with Gasteiger partial charge in [-0.3, -0.25) is 0 Å². The van der Waals surface area contributed by atoms with E-state index in [2.05, 4.69) is 39.6 Å². The van der Waals surface area contributed by atoms with Gasteiger partial charge in [0.25, 0.3) is 0 Å². The molecule has 0 amide bonds. The van der Waals surface area contributed by atoms with E-state index in [0.717, 1.165) is 11.8 Å². The minimum Gasteiger partial charge on any atom is -0.306 e. The van der Waals surface area contributed by atoms with E-state index in [1.54, 1.807) is 0 Å². The van der Waals surface area contributed by atoms with Gasteiger partial charge in [-0.1, -0.05) is 79.1 Å². The van der Waals surface area contributed by atoms with Crippen LogP contribution in [0.3, 0.4) is 0 Å². The van der Waals surface area contributed by atoms with Crippen LogP contribution in [0.4, 0.5) is 0 Å². The summed E-state index contributed by atoms with van der Waals surface area (Å²) >= 11 is 0. The van der Waals surface area contributed by atoms with Crippen molar-refractivity contribution in [3.8, 4) is 0 Å². The van der Waals surface area contributed by atoms with Gasteiger partial charge in [-0.2, -0.15) is 0 Å². The van der Waals surface area contributed by atoms with Gasteiger partial charge < -0.3 is 4.90 Å². The minimum atomic E-state index is 0.844. The van der Waals surface area contributed by atoms with Crippen LogP contribution in [-0.4, -0.2) is 25.0 Å². The normalized spacial score (nSPS) is 13.3. The van der Waals surface area contributed by atoms with E-state index < -0.39 is 0 Å². The number of unbranched alkanes of at least 4 members (excludes halogenated alkanes) is 7. The summed E-state index contributed by atoms with van der Waals surface area (Å²) in [6.45, 7) is 11.9. The molecule has 0 saturated carbocycles. The summed E-state index contributed by atoms with van der Waals surface area (Å²) in [5.41, 5.74) is 0. The third kappa shape index (κ3) is 11.8. The summed E-state index contributed by atoms with van der Waals surface area (Å²) in [6, 6.07) is 0. The van der Waals surface area contributed by atoms with E-state index in [1.165, 1.54) is 77.3 Å². The summed E-state index contributed by atoms with van der Waals surface area (Å²) in [4.78, 5) is 2.54. The molecule has 20 heavy (non-hydrogen) atoms. The molecule has 1 heteroatoms. The first-order valence-electron chi connectivity index (χ1n) is 9.30. The van der Waals surface area contributed by atoms with Crippen molar-refractivity contribution < 1.29 is 0 Å². The van der Waals surface area contributed by atoms with Crippen molar-refractivity contribution in [2.75, 3.05) is 20.1 Å². The third-order valence-electron chi connectivity index (χ3n) is 4.74. The lowest BCUT2D eigenvalue weighted by atomic mass is 9.90. The first-order chi connectivity index (χ1) is 9.61. The SMILES string of the molecule is CCCCCCCCCCN(C)CCC(CC)C(C)C. The number of hydrogen-bond acceptors (Lipinski definition) is 1. The highest BCUT2D eigenvalue weighted by Crippen LogP contribution is 2.19. The van der Waals surface area contributed by atoms with E-state index >= 15 is 0 Å². The van der Waals surface area contributed by atoms with Crippen LogP contribution in [0.5, 0.6) is 0 Å². The molecule has 0 rings (SSSR count). The van der Waals surface area contributed by atoms with Gasteiger partial charge in [-0.25, -0.2) is 0 Å². The van der Waals surface area contributed by atoms with Crippen LogP contribution in [-0.2, 0) is 0 Å². The van der Waals surface area contributed by atoms with Gasteiger partial charge in [-0.15, -0.1) is 0 Å². The largest absolute Gasteiger partial charge is 0.306 e. The predicted molar refractivity (Wildman–Crippen MR) is 93.3 cm³/mol. The zero-order chi connectivity index (χ0) is 15.2. The van der Waals surface area contributed by atoms with Crippen LogP contribution in [0.15, 0.2) is 0 Å². The molecule has 122 valence electrons. The van der Waals surface area contributed by atoms with Crippen molar-refractivity contribution in [1.29, 1.82) is 0 Å². The average molecular weight is 284 g/mol. The fourth-order valence-electron chi connectivity index (χ4n) is 3.02. The Morgan fingerprint density at radius 1 is 0.750 bits per heavy atom. The van der Waals surface area contributed by atoms with Gasteiger partial charge >= 0.3 is 0 Å². The second-order valence-corrected chi connectivity index (χ2v) is 6.98. The van der Waals surface area contributed by atoms with E-state index in [9.17, 15) is 0 Å². The van der Waals surface area contributed by atoms with Gasteiger partial charge in [0.15, 0.2) is 0 Å². The maximum atomic E-state index is 2.54. The highest BCUT2D eigenvalue weighted by atomic mass is 15.1. The predicted octanol–water partition coefficient (Wildman–Crippen LogP) is 6.13. The molecule has 0 N–H and O–H groups in total. The second-order valence-electron chi connectivity index (χ2n) is 6.98. The molecular weight excluding hydrogens is 242 g/mol. The van der Waals surface area contributed by atoms with E-state index in [0.29, 0.717) is 0 Å². The molecule has 0 fully saturated rings. The zero-order valence-corrected chi connectivity index (χ0v) is 15.1. The summed E-state index contributed by atoms with van der Waals surface area (Å²) in [6.07, 6.45) is 14.1. The molecule has 1 nitrogen and oxygen atoms in total. The second kappa shape index (κ2) is 13.9. The van der Waals surface area contributed by atoms with Crippen LogP contribution in [0.2, 0.25) is 0 Å². The molecule has 0 radical (unpaired) electrons. The molecule has 0 bridgehead atoms. The Morgan fingerprint density at radius 3 is 1.80 bits per heavy atom. The fourth-order valence-corrected chi connectivity index (χ4v) is 3.02. The lowest BCUT2D eigenvalue weighted by Gasteiger charge is -2.23. The minimum absolute atomic E-state index is 0.844. The highest BCUT2D eigenvalue weighted by molar-refractivity contribution is 4.64. The monoisotopic (exact) mass is 283 g/mol. The molecule has 0 aliphatic carbocycles. The Morgan fingerprint density at radius 2 is 1.30 bits per heavy atom. The smallest absolute Gasteiger partial charge is 0.00191 e. The van der Waals surface area contributed by atoms with Gasteiger partial charge in [0.05, 0.1) is 0 Å². The van der Waals surface area contributed by atoms with E-state index in [1.807, 2.05) is 0 Å². The van der Waals surface area contributed by atoms with E-state index in [-0.39, 0.29) is 0 Å². The van der Waals surface area contributed by atoms with Crippen molar-refractivity contribution >= 4 is 0 Å². The molecular formula is C19H41N. The van der Waals surface area contributed by atoms with Gasteiger partial charge in [0.2, 0.25) is 0 Å². The summed E-state index contributed by atoms with van der Waals surface area (Å²) in [7, 11) is 2.30. The molecule has 0 spiro atoms. The molecule has 0 aromatic carbocycles. The topological polar surface area (TPSA) is 3.24 Å². The Bertz CT molecular complexity index is 188. The third-order valence-corrected chi connectivity index (χ3v) is 4.74. The summed E-state index contributed by atoms with van der Waals surface area (Å²) < 4.78 is 0. The molecule has 1 atom stereocenters. The summed E-state index contributed by atoms with van der Waals surface area (Å²) in [5, 5.41) is 0. The van der Waals surface area contributed by atoms with Crippen molar-refractivity contribution in [2.45, 2.75) is 91.9 Å². The van der Waals surface area contributed by atoms with Crippen LogP contribution in [0.25, 0.3) is 0 Å². The van der Waals surface area contributed by atoms with Gasteiger partial charge in [-0.05, 0) is 44.8 Å². The molecule has 0 heterocycles. The molecule has 1 unspecified atom stereocenters. The first-order valence-corrected chi connectivity index (χ1v) is 9.30. The maximum Gasteiger partial charge on any atom is -0.00191 e. The number of nitrogens with zero attached hydrogens (tertiary/aromatic N) is 1.